The minimum Gasteiger partial charge on any atom is -0.455 e. The molecule has 0 aliphatic rings. The fourth-order valence-corrected chi connectivity index (χ4v) is 1.85. The molecule has 1 heterocycles. The van der Waals surface area contributed by atoms with Crippen molar-refractivity contribution in [3.05, 3.63) is 69.5 Å². The summed E-state index contributed by atoms with van der Waals surface area (Å²) in [5, 5.41) is 9.23. The first-order valence-electron chi connectivity index (χ1n) is 7.11. The first-order chi connectivity index (χ1) is 12.0. The second-order valence-corrected chi connectivity index (χ2v) is 4.82. The standard InChI is InChI=1S/C16H14N2O7/c1-11(19)25-15-5-3-2-4-14(15)16(20)23-10-13-7-6-12(8-17-13)9-24-18(21)22/h2-8H,9-10H2,1H3. The van der Waals surface area contributed by atoms with Gasteiger partial charge in [0.15, 0.2) is 0 Å². The lowest BCUT2D eigenvalue weighted by Gasteiger charge is -2.09. The van der Waals surface area contributed by atoms with Crippen LogP contribution in [-0.2, 0) is 27.6 Å². The fraction of sp³-hybridized carbons (Fsp3) is 0.188. The average molecular weight is 346 g/mol. The van der Waals surface area contributed by atoms with Gasteiger partial charge in [0.2, 0.25) is 0 Å². The molecule has 9 heteroatoms. The number of benzene rings is 1. The van der Waals surface area contributed by atoms with E-state index in [1.54, 1.807) is 24.3 Å². The van der Waals surface area contributed by atoms with E-state index in [0.29, 0.717) is 11.3 Å². The number of rotatable bonds is 7. The number of carbonyl (C=O) groups excluding carboxylic acids is 2. The molecule has 2 aromatic rings. The van der Waals surface area contributed by atoms with E-state index >= 15 is 0 Å². The number of aromatic nitrogens is 1. The molecule has 1 aromatic heterocycles. The van der Waals surface area contributed by atoms with Gasteiger partial charge in [0, 0.05) is 13.1 Å². The molecule has 0 aliphatic heterocycles. The Labute approximate surface area is 142 Å². The third-order valence-electron chi connectivity index (χ3n) is 2.93. The maximum absolute atomic E-state index is 12.1. The molecule has 9 nitrogen and oxygen atoms in total. The molecular weight excluding hydrogens is 332 g/mol. The van der Waals surface area contributed by atoms with Crippen LogP contribution in [0.1, 0.15) is 28.5 Å². The molecule has 0 amide bonds. The van der Waals surface area contributed by atoms with E-state index in [-0.39, 0.29) is 24.5 Å². The normalized spacial score (nSPS) is 9.96. The number of hydrogen-bond acceptors (Lipinski definition) is 8. The van der Waals surface area contributed by atoms with E-state index in [2.05, 4.69) is 9.82 Å². The van der Waals surface area contributed by atoms with Gasteiger partial charge in [-0.3, -0.25) is 9.78 Å². The van der Waals surface area contributed by atoms with E-state index < -0.39 is 17.0 Å². The van der Waals surface area contributed by atoms with E-state index in [4.69, 9.17) is 9.47 Å². The van der Waals surface area contributed by atoms with Gasteiger partial charge in [-0.15, -0.1) is 10.1 Å². The lowest BCUT2D eigenvalue weighted by atomic mass is 10.2. The van der Waals surface area contributed by atoms with Crippen LogP contribution in [0.4, 0.5) is 0 Å². The third kappa shape index (κ3) is 5.57. The van der Waals surface area contributed by atoms with Gasteiger partial charge in [0.05, 0.1) is 5.69 Å². The molecule has 0 N–H and O–H groups in total. The van der Waals surface area contributed by atoms with Gasteiger partial charge >= 0.3 is 11.9 Å². The van der Waals surface area contributed by atoms with Crippen LogP contribution in [0.5, 0.6) is 5.75 Å². The van der Waals surface area contributed by atoms with Crippen LogP contribution in [0.25, 0.3) is 0 Å². The largest absolute Gasteiger partial charge is 0.455 e. The molecule has 0 fully saturated rings. The smallest absolute Gasteiger partial charge is 0.342 e. The molecule has 2 rings (SSSR count). The molecular formula is C16H14N2O7. The van der Waals surface area contributed by atoms with Gasteiger partial charge in [-0.1, -0.05) is 18.2 Å². The zero-order valence-corrected chi connectivity index (χ0v) is 13.2. The van der Waals surface area contributed by atoms with E-state index in [1.165, 1.54) is 25.3 Å². The fourth-order valence-electron chi connectivity index (χ4n) is 1.85. The van der Waals surface area contributed by atoms with Crippen molar-refractivity contribution in [2.24, 2.45) is 0 Å². The van der Waals surface area contributed by atoms with Crippen LogP contribution in [0.15, 0.2) is 42.6 Å². The van der Waals surface area contributed by atoms with Crippen LogP contribution >= 0.6 is 0 Å². The molecule has 0 unspecified atom stereocenters. The van der Waals surface area contributed by atoms with Crippen LogP contribution in [0, 0.1) is 10.1 Å². The zero-order valence-electron chi connectivity index (χ0n) is 13.2. The molecule has 1 aromatic carbocycles. The Morgan fingerprint density at radius 3 is 2.56 bits per heavy atom. The predicted octanol–water partition coefficient (Wildman–Crippen LogP) is 2.07. The molecule has 130 valence electrons. The highest BCUT2D eigenvalue weighted by Gasteiger charge is 2.15. The molecule has 0 spiro atoms. The minimum atomic E-state index is -0.893. The molecule has 0 radical (unpaired) electrons. The van der Waals surface area contributed by atoms with Crippen molar-refractivity contribution in [1.82, 2.24) is 4.98 Å². The number of hydrogen-bond donors (Lipinski definition) is 0. The van der Waals surface area contributed by atoms with Crippen molar-refractivity contribution in [1.29, 1.82) is 0 Å². The lowest BCUT2D eigenvalue weighted by molar-refractivity contribution is -0.763. The summed E-state index contributed by atoms with van der Waals surface area (Å²) >= 11 is 0. The highest BCUT2D eigenvalue weighted by atomic mass is 16.9. The van der Waals surface area contributed by atoms with Crippen LogP contribution < -0.4 is 4.74 Å². The molecule has 0 saturated carbocycles. The van der Waals surface area contributed by atoms with Crippen molar-refractivity contribution >= 4 is 11.9 Å². The van der Waals surface area contributed by atoms with Gasteiger partial charge in [0.1, 0.15) is 24.5 Å². The Balaban J connectivity index is 1.96. The van der Waals surface area contributed by atoms with Crippen LogP contribution in [0.3, 0.4) is 0 Å². The molecule has 0 atom stereocenters. The molecule has 0 bridgehead atoms. The zero-order chi connectivity index (χ0) is 18.2. The number of ether oxygens (including phenoxy) is 2. The van der Waals surface area contributed by atoms with Gasteiger partial charge in [0.25, 0.3) is 5.09 Å². The van der Waals surface area contributed by atoms with Crippen molar-refractivity contribution in [2.75, 3.05) is 0 Å². The Bertz CT molecular complexity index is 774. The summed E-state index contributed by atoms with van der Waals surface area (Å²) in [6, 6.07) is 9.34. The second-order valence-electron chi connectivity index (χ2n) is 4.82. The number of pyridine rings is 1. The molecule has 0 aliphatic carbocycles. The third-order valence-corrected chi connectivity index (χ3v) is 2.93. The summed E-state index contributed by atoms with van der Waals surface area (Å²) in [5.41, 5.74) is 1.07. The SMILES string of the molecule is CC(=O)Oc1ccccc1C(=O)OCc1ccc(CO[N+](=O)[O-])cn1. The van der Waals surface area contributed by atoms with Gasteiger partial charge < -0.3 is 14.3 Å². The van der Waals surface area contributed by atoms with Crippen molar-refractivity contribution in [3.63, 3.8) is 0 Å². The monoisotopic (exact) mass is 346 g/mol. The summed E-state index contributed by atoms with van der Waals surface area (Å²) in [7, 11) is 0. The minimum absolute atomic E-state index is 0.108. The number of nitrogens with zero attached hydrogens (tertiary/aromatic N) is 2. The predicted molar refractivity (Wildman–Crippen MR) is 82.9 cm³/mol. The Hall–Kier alpha value is -3.49. The first-order valence-corrected chi connectivity index (χ1v) is 7.11. The first kappa shape index (κ1) is 17.9. The summed E-state index contributed by atoms with van der Waals surface area (Å²) < 4.78 is 10.1. The van der Waals surface area contributed by atoms with Gasteiger partial charge in [-0.2, -0.15) is 0 Å². The lowest BCUT2D eigenvalue weighted by Crippen LogP contribution is -2.10. The number of carbonyl (C=O) groups is 2. The Morgan fingerprint density at radius 1 is 1.16 bits per heavy atom. The summed E-state index contributed by atoms with van der Waals surface area (Å²) in [4.78, 5) is 41.6. The van der Waals surface area contributed by atoms with E-state index in [0.717, 1.165) is 0 Å². The topological polar surface area (TPSA) is 118 Å². The van der Waals surface area contributed by atoms with Crippen molar-refractivity contribution in [3.8, 4) is 5.75 Å². The van der Waals surface area contributed by atoms with Gasteiger partial charge in [-0.25, -0.2) is 4.79 Å². The molecule has 25 heavy (non-hydrogen) atoms. The summed E-state index contributed by atoms with van der Waals surface area (Å²) in [5.74, 6) is -1.10. The van der Waals surface area contributed by atoms with Crippen molar-refractivity contribution in [2.45, 2.75) is 20.1 Å². The maximum atomic E-state index is 12.1. The number of esters is 2. The molecule has 0 saturated heterocycles. The highest BCUT2D eigenvalue weighted by molar-refractivity contribution is 5.93. The van der Waals surface area contributed by atoms with Crippen LogP contribution in [-0.4, -0.2) is 22.0 Å². The van der Waals surface area contributed by atoms with E-state index in [9.17, 15) is 19.7 Å². The van der Waals surface area contributed by atoms with Crippen LogP contribution in [0.2, 0.25) is 0 Å². The van der Waals surface area contributed by atoms with Gasteiger partial charge in [-0.05, 0) is 23.8 Å². The maximum Gasteiger partial charge on any atom is 0.342 e. The average Bonchev–Trinajstić information content (AvgIpc) is 2.58. The van der Waals surface area contributed by atoms with E-state index in [1.807, 2.05) is 0 Å². The van der Waals surface area contributed by atoms with Crippen molar-refractivity contribution < 1.29 is 29.0 Å². The highest BCUT2D eigenvalue weighted by Crippen LogP contribution is 2.19. The Morgan fingerprint density at radius 2 is 1.92 bits per heavy atom. The number of para-hydroxylation sites is 1. The Kier molecular flexibility index (Phi) is 5.99. The summed E-state index contributed by atoms with van der Waals surface area (Å²) in [6.07, 6.45) is 1.39. The quantitative estimate of drug-likeness (QED) is 0.323. The summed E-state index contributed by atoms with van der Waals surface area (Å²) in [6.45, 7) is 0.912. The second kappa shape index (κ2) is 8.39.